The van der Waals surface area contributed by atoms with Crippen LogP contribution in [-0.4, -0.2) is 29.3 Å². The number of rotatable bonds is 6. The van der Waals surface area contributed by atoms with Gasteiger partial charge in [-0.1, -0.05) is 11.6 Å². The van der Waals surface area contributed by atoms with Gasteiger partial charge >= 0.3 is 0 Å². The standard InChI is InChI=1S/C17H14ClN3O3/c18-14-5-7-15(8-6-14)23-10-9-19-16(22)12-1-3-13(4-2-12)17-21-20-11-24-17/h1-8,11H,9-10H2,(H,19,22). The van der Waals surface area contributed by atoms with Crippen LogP contribution < -0.4 is 10.1 Å². The topological polar surface area (TPSA) is 77.2 Å². The molecule has 122 valence electrons. The molecule has 6 nitrogen and oxygen atoms in total. The molecule has 2 aromatic carbocycles. The largest absolute Gasteiger partial charge is 0.492 e. The molecule has 0 bridgehead atoms. The van der Waals surface area contributed by atoms with Crippen LogP contribution in [0.4, 0.5) is 0 Å². The van der Waals surface area contributed by atoms with E-state index in [9.17, 15) is 4.79 Å². The fourth-order valence-corrected chi connectivity index (χ4v) is 2.16. The van der Waals surface area contributed by atoms with E-state index >= 15 is 0 Å². The number of ether oxygens (including phenoxy) is 1. The minimum absolute atomic E-state index is 0.174. The zero-order valence-corrected chi connectivity index (χ0v) is 13.4. The van der Waals surface area contributed by atoms with E-state index in [2.05, 4.69) is 15.5 Å². The quantitative estimate of drug-likeness (QED) is 0.695. The van der Waals surface area contributed by atoms with Gasteiger partial charge in [-0.3, -0.25) is 4.79 Å². The van der Waals surface area contributed by atoms with E-state index in [0.717, 1.165) is 5.56 Å². The van der Waals surface area contributed by atoms with Crippen molar-refractivity contribution in [3.8, 4) is 17.2 Å². The van der Waals surface area contributed by atoms with Gasteiger partial charge in [0, 0.05) is 16.1 Å². The molecule has 1 aromatic heterocycles. The first kappa shape index (κ1) is 16.0. The lowest BCUT2D eigenvalue weighted by Gasteiger charge is -2.08. The highest BCUT2D eigenvalue weighted by atomic mass is 35.5. The predicted molar refractivity (Wildman–Crippen MR) is 89.0 cm³/mol. The highest BCUT2D eigenvalue weighted by Crippen LogP contribution is 2.17. The van der Waals surface area contributed by atoms with E-state index in [-0.39, 0.29) is 5.91 Å². The molecule has 7 heteroatoms. The Balaban J connectivity index is 1.47. The van der Waals surface area contributed by atoms with Crippen molar-refractivity contribution < 1.29 is 13.9 Å². The molecule has 0 atom stereocenters. The number of nitrogens with zero attached hydrogens (tertiary/aromatic N) is 2. The molecule has 0 saturated heterocycles. The molecular formula is C17H14ClN3O3. The SMILES string of the molecule is O=C(NCCOc1ccc(Cl)cc1)c1ccc(-c2nnco2)cc1. The van der Waals surface area contributed by atoms with Gasteiger partial charge in [0.1, 0.15) is 12.4 Å². The van der Waals surface area contributed by atoms with Crippen LogP contribution in [0.2, 0.25) is 5.02 Å². The first-order valence-corrected chi connectivity index (χ1v) is 7.63. The second-order valence-corrected chi connectivity index (χ2v) is 5.32. The molecule has 1 N–H and O–H groups in total. The fraction of sp³-hybridized carbons (Fsp3) is 0.118. The number of aromatic nitrogens is 2. The summed E-state index contributed by atoms with van der Waals surface area (Å²) in [5.41, 5.74) is 1.31. The third-order valence-corrected chi connectivity index (χ3v) is 3.48. The number of benzene rings is 2. The van der Waals surface area contributed by atoms with Crippen LogP contribution in [0.5, 0.6) is 5.75 Å². The van der Waals surface area contributed by atoms with Crippen molar-refractivity contribution in [2.24, 2.45) is 0 Å². The maximum atomic E-state index is 12.1. The molecule has 0 saturated carbocycles. The van der Waals surface area contributed by atoms with E-state index in [4.69, 9.17) is 20.8 Å². The lowest BCUT2D eigenvalue weighted by atomic mass is 10.1. The van der Waals surface area contributed by atoms with Crippen molar-refractivity contribution in [1.82, 2.24) is 15.5 Å². The van der Waals surface area contributed by atoms with Gasteiger partial charge in [0.05, 0.1) is 6.54 Å². The molecule has 0 aliphatic rings. The summed E-state index contributed by atoms with van der Waals surface area (Å²) in [5, 5.41) is 10.9. The molecular weight excluding hydrogens is 330 g/mol. The summed E-state index contributed by atoms with van der Waals surface area (Å²) >= 11 is 5.80. The summed E-state index contributed by atoms with van der Waals surface area (Å²) < 4.78 is 10.6. The van der Waals surface area contributed by atoms with E-state index in [1.807, 2.05) is 0 Å². The Hall–Kier alpha value is -2.86. The Morgan fingerprint density at radius 1 is 1.12 bits per heavy atom. The van der Waals surface area contributed by atoms with E-state index in [0.29, 0.717) is 35.4 Å². The van der Waals surface area contributed by atoms with Crippen LogP contribution in [0.25, 0.3) is 11.5 Å². The first-order chi connectivity index (χ1) is 11.7. The maximum absolute atomic E-state index is 12.1. The molecule has 0 unspecified atom stereocenters. The normalized spacial score (nSPS) is 10.4. The Bertz CT molecular complexity index is 787. The summed E-state index contributed by atoms with van der Waals surface area (Å²) in [5.74, 6) is 0.947. The fourth-order valence-electron chi connectivity index (χ4n) is 2.03. The minimum Gasteiger partial charge on any atom is -0.492 e. The Labute approximate surface area is 143 Å². The second kappa shape index (κ2) is 7.61. The van der Waals surface area contributed by atoms with Gasteiger partial charge in [0.15, 0.2) is 0 Å². The van der Waals surface area contributed by atoms with E-state index < -0.39 is 0 Å². The number of carbonyl (C=O) groups is 1. The van der Waals surface area contributed by atoms with Crippen LogP contribution in [0.15, 0.2) is 59.3 Å². The molecule has 0 fully saturated rings. The van der Waals surface area contributed by atoms with Crippen LogP contribution in [0.3, 0.4) is 0 Å². The molecule has 1 amide bonds. The van der Waals surface area contributed by atoms with Gasteiger partial charge in [-0.05, 0) is 48.5 Å². The zero-order chi connectivity index (χ0) is 16.8. The van der Waals surface area contributed by atoms with Crippen LogP contribution >= 0.6 is 11.6 Å². The third-order valence-electron chi connectivity index (χ3n) is 3.22. The number of hydrogen-bond acceptors (Lipinski definition) is 5. The number of nitrogens with one attached hydrogen (secondary N) is 1. The predicted octanol–water partition coefficient (Wildman–Crippen LogP) is 3.20. The monoisotopic (exact) mass is 343 g/mol. The molecule has 0 aliphatic carbocycles. The Morgan fingerprint density at radius 3 is 2.54 bits per heavy atom. The van der Waals surface area contributed by atoms with Gasteiger partial charge in [0.25, 0.3) is 5.91 Å². The van der Waals surface area contributed by atoms with Gasteiger partial charge < -0.3 is 14.5 Å². The number of amides is 1. The van der Waals surface area contributed by atoms with Gasteiger partial charge in [-0.25, -0.2) is 0 Å². The molecule has 1 heterocycles. The Morgan fingerprint density at radius 2 is 1.88 bits per heavy atom. The Kier molecular flexibility index (Phi) is 5.08. The highest BCUT2D eigenvalue weighted by molar-refractivity contribution is 6.30. The van der Waals surface area contributed by atoms with Crippen molar-refractivity contribution in [2.45, 2.75) is 0 Å². The molecule has 0 radical (unpaired) electrons. The van der Waals surface area contributed by atoms with Crippen molar-refractivity contribution in [3.05, 3.63) is 65.5 Å². The summed E-state index contributed by atoms with van der Waals surface area (Å²) in [7, 11) is 0. The molecule has 3 aromatic rings. The second-order valence-electron chi connectivity index (χ2n) is 4.88. The van der Waals surface area contributed by atoms with Crippen molar-refractivity contribution >= 4 is 17.5 Å². The minimum atomic E-state index is -0.174. The summed E-state index contributed by atoms with van der Waals surface area (Å²) in [4.78, 5) is 12.1. The number of halogens is 1. The van der Waals surface area contributed by atoms with E-state index in [1.165, 1.54) is 6.39 Å². The maximum Gasteiger partial charge on any atom is 0.251 e. The summed E-state index contributed by atoms with van der Waals surface area (Å²) in [6.45, 7) is 0.764. The average Bonchev–Trinajstić information content (AvgIpc) is 3.15. The van der Waals surface area contributed by atoms with Crippen LogP contribution in [0, 0.1) is 0 Å². The van der Waals surface area contributed by atoms with Crippen LogP contribution in [-0.2, 0) is 0 Å². The van der Waals surface area contributed by atoms with Crippen molar-refractivity contribution in [3.63, 3.8) is 0 Å². The lowest BCUT2D eigenvalue weighted by molar-refractivity contribution is 0.0947. The smallest absolute Gasteiger partial charge is 0.251 e. The van der Waals surface area contributed by atoms with Crippen LogP contribution in [0.1, 0.15) is 10.4 Å². The van der Waals surface area contributed by atoms with Crippen molar-refractivity contribution in [2.75, 3.05) is 13.2 Å². The third kappa shape index (κ3) is 4.11. The number of carbonyl (C=O) groups excluding carboxylic acids is 1. The van der Waals surface area contributed by atoms with Crippen molar-refractivity contribution in [1.29, 1.82) is 0 Å². The average molecular weight is 344 g/mol. The first-order valence-electron chi connectivity index (χ1n) is 7.25. The molecule has 0 spiro atoms. The summed E-state index contributed by atoms with van der Waals surface area (Å²) in [6, 6.07) is 14.0. The summed E-state index contributed by atoms with van der Waals surface area (Å²) in [6.07, 6.45) is 1.26. The lowest BCUT2D eigenvalue weighted by Crippen LogP contribution is -2.28. The zero-order valence-electron chi connectivity index (χ0n) is 12.6. The van der Waals surface area contributed by atoms with E-state index in [1.54, 1.807) is 48.5 Å². The van der Waals surface area contributed by atoms with Gasteiger partial charge in [-0.15, -0.1) is 10.2 Å². The molecule has 3 rings (SSSR count). The van der Waals surface area contributed by atoms with Gasteiger partial charge in [0.2, 0.25) is 12.3 Å². The molecule has 0 aliphatic heterocycles. The number of hydrogen-bond donors (Lipinski definition) is 1. The highest BCUT2D eigenvalue weighted by Gasteiger charge is 2.07. The van der Waals surface area contributed by atoms with Gasteiger partial charge in [-0.2, -0.15) is 0 Å². The molecule has 24 heavy (non-hydrogen) atoms.